The van der Waals surface area contributed by atoms with Crippen molar-refractivity contribution in [3.8, 4) is 0 Å². The summed E-state index contributed by atoms with van der Waals surface area (Å²) in [5, 5.41) is 3.22. The average molecular weight is 211 g/mol. The Morgan fingerprint density at radius 2 is 2.00 bits per heavy atom. The van der Waals surface area contributed by atoms with E-state index < -0.39 is 0 Å². The van der Waals surface area contributed by atoms with Crippen LogP contribution in [-0.2, 0) is 0 Å². The highest BCUT2D eigenvalue weighted by Gasteiger charge is 2.19. The van der Waals surface area contributed by atoms with Gasteiger partial charge in [-0.15, -0.1) is 11.3 Å². The molecule has 1 saturated heterocycles. The molecule has 0 amide bonds. The van der Waals surface area contributed by atoms with E-state index in [1.54, 1.807) is 11.3 Å². The van der Waals surface area contributed by atoms with E-state index >= 15 is 0 Å². The van der Waals surface area contributed by atoms with Crippen LogP contribution in [0, 0.1) is 0 Å². The Morgan fingerprint density at radius 3 is 2.50 bits per heavy atom. The van der Waals surface area contributed by atoms with Crippen molar-refractivity contribution in [3.63, 3.8) is 0 Å². The van der Waals surface area contributed by atoms with Gasteiger partial charge in [0.2, 0.25) is 0 Å². The van der Waals surface area contributed by atoms with Crippen molar-refractivity contribution in [2.24, 2.45) is 0 Å². The monoisotopic (exact) mass is 211 g/mol. The Balaban J connectivity index is 1.90. The third-order valence-corrected chi connectivity index (χ3v) is 3.57. The molecular weight excluding hydrogens is 194 g/mol. The molecule has 2 heterocycles. The van der Waals surface area contributed by atoms with E-state index in [1.165, 1.54) is 5.13 Å². The second kappa shape index (κ2) is 4.28. The first kappa shape index (κ1) is 9.93. The lowest BCUT2D eigenvalue weighted by atomic mass is 10.2. The van der Waals surface area contributed by atoms with Gasteiger partial charge in [0.25, 0.3) is 0 Å². The summed E-state index contributed by atoms with van der Waals surface area (Å²) in [7, 11) is 0. The highest BCUT2D eigenvalue weighted by Crippen LogP contribution is 2.19. The van der Waals surface area contributed by atoms with Crippen molar-refractivity contribution in [1.82, 2.24) is 9.88 Å². The van der Waals surface area contributed by atoms with E-state index in [0.717, 1.165) is 26.2 Å². The van der Waals surface area contributed by atoms with Crippen LogP contribution in [0.1, 0.15) is 13.8 Å². The summed E-state index contributed by atoms with van der Waals surface area (Å²) in [4.78, 5) is 9.23. The molecule has 1 aliphatic heterocycles. The highest BCUT2D eigenvalue weighted by molar-refractivity contribution is 7.13. The number of aromatic nitrogens is 1. The van der Waals surface area contributed by atoms with Crippen LogP contribution in [0.2, 0.25) is 0 Å². The third-order valence-electron chi connectivity index (χ3n) is 2.73. The number of anilines is 1. The van der Waals surface area contributed by atoms with E-state index in [9.17, 15) is 0 Å². The van der Waals surface area contributed by atoms with Gasteiger partial charge in [-0.2, -0.15) is 0 Å². The molecule has 0 aromatic carbocycles. The summed E-state index contributed by atoms with van der Waals surface area (Å²) >= 11 is 1.74. The zero-order valence-electron chi connectivity index (χ0n) is 8.81. The van der Waals surface area contributed by atoms with Gasteiger partial charge in [0.05, 0.1) is 0 Å². The Morgan fingerprint density at radius 1 is 1.29 bits per heavy atom. The molecule has 1 fully saturated rings. The zero-order chi connectivity index (χ0) is 9.97. The smallest absolute Gasteiger partial charge is 0.185 e. The Labute approximate surface area is 89.4 Å². The van der Waals surface area contributed by atoms with Gasteiger partial charge >= 0.3 is 0 Å². The van der Waals surface area contributed by atoms with Crippen LogP contribution in [0.3, 0.4) is 0 Å². The summed E-state index contributed by atoms with van der Waals surface area (Å²) in [6, 6.07) is 0.674. The molecule has 0 aliphatic carbocycles. The summed E-state index contributed by atoms with van der Waals surface area (Å²) < 4.78 is 0. The van der Waals surface area contributed by atoms with E-state index in [1.807, 2.05) is 11.6 Å². The standard InChI is InChI=1S/C10H17N3S/c1-9(2)12-4-6-13(7-5-12)10-11-3-8-14-10/h3,8-9H,4-7H2,1-2H3. The SMILES string of the molecule is CC(C)N1CCN(c2nccs2)CC1. The molecule has 0 unspecified atom stereocenters. The predicted octanol–water partition coefficient (Wildman–Crippen LogP) is 1.67. The fraction of sp³-hybridized carbons (Fsp3) is 0.700. The number of hydrogen-bond acceptors (Lipinski definition) is 4. The van der Waals surface area contributed by atoms with Gasteiger partial charge in [-0.3, -0.25) is 4.90 Å². The van der Waals surface area contributed by atoms with Crippen molar-refractivity contribution in [2.75, 3.05) is 31.1 Å². The molecule has 78 valence electrons. The number of rotatable bonds is 2. The second-order valence-corrected chi connectivity index (χ2v) is 4.80. The maximum Gasteiger partial charge on any atom is 0.185 e. The number of nitrogens with zero attached hydrogens (tertiary/aromatic N) is 3. The minimum absolute atomic E-state index is 0.674. The number of piperazine rings is 1. The van der Waals surface area contributed by atoms with Gasteiger partial charge in [0, 0.05) is 43.8 Å². The number of hydrogen-bond donors (Lipinski definition) is 0. The molecular formula is C10H17N3S. The first-order chi connectivity index (χ1) is 6.77. The van der Waals surface area contributed by atoms with Crippen LogP contribution in [0.15, 0.2) is 11.6 Å². The van der Waals surface area contributed by atoms with Gasteiger partial charge in [-0.05, 0) is 13.8 Å². The van der Waals surface area contributed by atoms with Crippen LogP contribution in [0.25, 0.3) is 0 Å². The van der Waals surface area contributed by atoms with Crippen LogP contribution in [-0.4, -0.2) is 42.1 Å². The maximum atomic E-state index is 4.34. The quantitative estimate of drug-likeness (QED) is 0.742. The van der Waals surface area contributed by atoms with Crippen LogP contribution in [0.5, 0.6) is 0 Å². The minimum Gasteiger partial charge on any atom is -0.346 e. The van der Waals surface area contributed by atoms with Gasteiger partial charge < -0.3 is 4.90 Å². The predicted molar refractivity (Wildman–Crippen MR) is 61.0 cm³/mol. The van der Waals surface area contributed by atoms with E-state index in [2.05, 4.69) is 28.6 Å². The fourth-order valence-corrected chi connectivity index (χ4v) is 2.50. The fourth-order valence-electron chi connectivity index (χ4n) is 1.80. The van der Waals surface area contributed by atoms with Crippen molar-refractivity contribution in [3.05, 3.63) is 11.6 Å². The van der Waals surface area contributed by atoms with Crippen molar-refractivity contribution >= 4 is 16.5 Å². The molecule has 4 heteroatoms. The second-order valence-electron chi connectivity index (χ2n) is 3.93. The third kappa shape index (κ3) is 2.07. The van der Waals surface area contributed by atoms with E-state index in [0.29, 0.717) is 6.04 Å². The molecule has 1 aliphatic rings. The summed E-state index contributed by atoms with van der Waals surface area (Å²) in [6.07, 6.45) is 1.88. The molecule has 0 radical (unpaired) electrons. The van der Waals surface area contributed by atoms with Crippen LogP contribution < -0.4 is 4.90 Å². The van der Waals surface area contributed by atoms with Crippen LogP contribution in [0.4, 0.5) is 5.13 Å². The molecule has 0 saturated carbocycles. The van der Waals surface area contributed by atoms with Crippen molar-refractivity contribution in [2.45, 2.75) is 19.9 Å². The lowest BCUT2D eigenvalue weighted by molar-refractivity contribution is 0.209. The Hall–Kier alpha value is -0.610. The molecule has 3 nitrogen and oxygen atoms in total. The van der Waals surface area contributed by atoms with E-state index in [-0.39, 0.29) is 0 Å². The molecule has 1 aromatic heterocycles. The lowest BCUT2D eigenvalue weighted by Gasteiger charge is -2.36. The Bertz CT molecular complexity index is 263. The molecule has 2 rings (SSSR count). The van der Waals surface area contributed by atoms with Gasteiger partial charge in [-0.1, -0.05) is 0 Å². The topological polar surface area (TPSA) is 19.4 Å². The van der Waals surface area contributed by atoms with Crippen molar-refractivity contribution in [1.29, 1.82) is 0 Å². The molecule has 0 bridgehead atoms. The first-order valence-corrected chi connectivity index (χ1v) is 6.04. The number of thiazole rings is 1. The zero-order valence-corrected chi connectivity index (χ0v) is 9.63. The normalized spacial score (nSPS) is 19.2. The summed E-state index contributed by atoms with van der Waals surface area (Å²) in [6.45, 7) is 9.09. The van der Waals surface area contributed by atoms with Gasteiger partial charge in [0.1, 0.15) is 0 Å². The lowest BCUT2D eigenvalue weighted by Crippen LogP contribution is -2.48. The van der Waals surface area contributed by atoms with Crippen LogP contribution >= 0.6 is 11.3 Å². The van der Waals surface area contributed by atoms with E-state index in [4.69, 9.17) is 0 Å². The average Bonchev–Trinajstić information content (AvgIpc) is 2.71. The van der Waals surface area contributed by atoms with Gasteiger partial charge in [-0.25, -0.2) is 4.98 Å². The summed E-state index contributed by atoms with van der Waals surface area (Å²) in [5.74, 6) is 0. The Kier molecular flexibility index (Phi) is 3.03. The summed E-state index contributed by atoms with van der Waals surface area (Å²) in [5.41, 5.74) is 0. The minimum atomic E-state index is 0.674. The molecule has 0 N–H and O–H groups in total. The first-order valence-electron chi connectivity index (χ1n) is 5.16. The molecule has 0 spiro atoms. The highest BCUT2D eigenvalue weighted by atomic mass is 32.1. The molecule has 1 aromatic rings. The molecule has 14 heavy (non-hydrogen) atoms. The van der Waals surface area contributed by atoms with Crippen molar-refractivity contribution < 1.29 is 0 Å². The molecule has 0 atom stereocenters. The largest absolute Gasteiger partial charge is 0.346 e. The maximum absolute atomic E-state index is 4.34. The van der Waals surface area contributed by atoms with Gasteiger partial charge in [0.15, 0.2) is 5.13 Å².